The minimum absolute atomic E-state index is 0.543. The summed E-state index contributed by atoms with van der Waals surface area (Å²) < 4.78 is 4.93. The van der Waals surface area contributed by atoms with Gasteiger partial charge in [-0.15, -0.1) is 0 Å². The van der Waals surface area contributed by atoms with E-state index in [9.17, 15) is 0 Å². The first-order valence-corrected chi connectivity index (χ1v) is 37.5. The molecule has 0 atom stereocenters. The lowest BCUT2D eigenvalue weighted by molar-refractivity contribution is 1.07. The van der Waals surface area contributed by atoms with Crippen LogP contribution in [0.1, 0.15) is 0 Å². The van der Waals surface area contributed by atoms with Crippen LogP contribution in [0.25, 0.3) is 200 Å². The molecule has 0 fully saturated rings. The monoisotopic (exact) mass is 1400 g/mol. The SMILES string of the molecule is c1ccc(-c2cccc(-c3cccc(-c4ccc(-c5nc(-c6ccccc6)nc(-c6ccc(-c7cccc(-c8cccc(-c9ccccc9)c8)c7)c(-n7c8ccc(-c9ccccc9)cc8c8cc(-c9ccccc9)ccc87)c6)n5)cc4-n4c5ccc(-c6ccccc6)cc5c5cc(-c6ccccc6)ccc54)c3)c2)cc1. The summed E-state index contributed by atoms with van der Waals surface area (Å²) in [6.45, 7) is 0. The van der Waals surface area contributed by atoms with Crippen molar-refractivity contribution in [1.29, 1.82) is 0 Å². The molecule has 0 aliphatic carbocycles. The summed E-state index contributed by atoms with van der Waals surface area (Å²) in [6, 6.07) is 152. The van der Waals surface area contributed by atoms with Crippen LogP contribution in [0.2, 0.25) is 0 Å². The van der Waals surface area contributed by atoms with Gasteiger partial charge >= 0.3 is 0 Å². The van der Waals surface area contributed by atoms with Crippen molar-refractivity contribution in [1.82, 2.24) is 24.1 Å². The van der Waals surface area contributed by atoms with E-state index in [0.717, 1.165) is 161 Å². The second-order valence-electron chi connectivity index (χ2n) is 28.3. The van der Waals surface area contributed by atoms with Crippen molar-refractivity contribution in [3.05, 3.63) is 419 Å². The van der Waals surface area contributed by atoms with Crippen molar-refractivity contribution in [2.45, 2.75) is 0 Å². The molecule has 0 saturated heterocycles. The lowest BCUT2D eigenvalue weighted by Crippen LogP contribution is -2.03. The highest BCUT2D eigenvalue weighted by Crippen LogP contribution is 2.46. The van der Waals surface area contributed by atoms with E-state index in [1.807, 2.05) is 6.07 Å². The molecule has 0 unspecified atom stereocenters. The van der Waals surface area contributed by atoms with Gasteiger partial charge in [-0.05, 0) is 185 Å². The van der Waals surface area contributed by atoms with Crippen molar-refractivity contribution in [3.8, 4) is 157 Å². The third kappa shape index (κ3) is 12.2. The molecule has 0 saturated carbocycles. The Morgan fingerprint density at radius 3 is 0.609 bits per heavy atom. The Labute approximate surface area is 639 Å². The molecule has 0 bridgehead atoms. The molecular weight excluding hydrogens is 1330 g/mol. The van der Waals surface area contributed by atoms with Crippen LogP contribution in [0.15, 0.2) is 419 Å². The molecule has 5 nitrogen and oxygen atoms in total. The van der Waals surface area contributed by atoms with Crippen molar-refractivity contribution in [2.24, 2.45) is 0 Å². The third-order valence-electron chi connectivity index (χ3n) is 21.6. The molecule has 17 aromatic carbocycles. The van der Waals surface area contributed by atoms with E-state index in [2.05, 4.69) is 422 Å². The highest BCUT2D eigenvalue weighted by Gasteiger charge is 2.24. The summed E-state index contributed by atoms with van der Waals surface area (Å²) in [5, 5.41) is 4.59. The van der Waals surface area contributed by atoms with E-state index >= 15 is 0 Å². The highest BCUT2D eigenvalue weighted by molar-refractivity contribution is 6.14. The standard InChI is InChI=1S/C105H69N5/c1-8-26-70(27-9-1)77-40-22-42-79(60-77)81-44-24-46-87(62-81)91-54-48-89(68-101(91)109-97-56-50-83(72-30-12-3-13-31-72)64-93(97)94-65-84(51-57-98(94)109)73-32-14-4-15-33-73)104-106-103(76-38-20-7-21-39-76)107-105(108-104)90-49-55-92(88-47-25-45-82(63-88)80-43-23-41-78(61-80)71-28-10-2-11-29-71)102(69-90)110-99-58-52-85(74-34-16-5-17-35-74)66-95(99)96-67-86(53-59-100(96)110)75-36-18-6-19-37-75/h1-69H. The lowest BCUT2D eigenvalue weighted by atomic mass is 9.94. The Kier molecular flexibility index (Phi) is 16.5. The van der Waals surface area contributed by atoms with Gasteiger partial charge in [0, 0.05) is 49.4 Å². The third-order valence-corrected chi connectivity index (χ3v) is 21.6. The van der Waals surface area contributed by atoms with Gasteiger partial charge in [-0.2, -0.15) is 0 Å². The van der Waals surface area contributed by atoms with Crippen molar-refractivity contribution in [2.75, 3.05) is 0 Å². The van der Waals surface area contributed by atoms with Gasteiger partial charge in [0.05, 0.1) is 33.4 Å². The lowest BCUT2D eigenvalue weighted by Gasteiger charge is -2.18. The molecule has 0 aliphatic rings. The molecule has 20 aromatic rings. The Hall–Kier alpha value is -14.7. The fourth-order valence-electron chi connectivity index (χ4n) is 16.1. The van der Waals surface area contributed by atoms with Crippen LogP contribution in [0, 0.1) is 0 Å². The number of hydrogen-bond acceptors (Lipinski definition) is 3. The Morgan fingerprint density at radius 2 is 0.336 bits per heavy atom. The largest absolute Gasteiger partial charge is 0.309 e. The van der Waals surface area contributed by atoms with Crippen LogP contribution in [0.4, 0.5) is 0 Å². The van der Waals surface area contributed by atoms with Crippen LogP contribution >= 0.6 is 0 Å². The molecular formula is C105H69N5. The Morgan fingerprint density at radius 1 is 0.136 bits per heavy atom. The van der Waals surface area contributed by atoms with Crippen LogP contribution in [-0.4, -0.2) is 24.1 Å². The van der Waals surface area contributed by atoms with Gasteiger partial charge in [-0.3, -0.25) is 0 Å². The predicted octanol–water partition coefficient (Wildman–Crippen LogP) is 27.7. The van der Waals surface area contributed by atoms with Crippen molar-refractivity contribution < 1.29 is 0 Å². The molecule has 3 aromatic heterocycles. The molecule has 110 heavy (non-hydrogen) atoms. The molecule has 0 aliphatic heterocycles. The van der Waals surface area contributed by atoms with Gasteiger partial charge in [0.1, 0.15) is 0 Å². The minimum Gasteiger partial charge on any atom is -0.309 e. The van der Waals surface area contributed by atoms with E-state index in [1.165, 1.54) is 22.3 Å². The van der Waals surface area contributed by atoms with Crippen molar-refractivity contribution >= 4 is 43.6 Å². The van der Waals surface area contributed by atoms with Crippen LogP contribution in [0.3, 0.4) is 0 Å². The number of aromatic nitrogens is 5. The molecule has 5 heteroatoms. The quantitative estimate of drug-likeness (QED) is 0.103. The maximum atomic E-state index is 5.71. The maximum absolute atomic E-state index is 5.71. The molecule has 0 radical (unpaired) electrons. The Balaban J connectivity index is 0.811. The second-order valence-corrected chi connectivity index (χ2v) is 28.3. The van der Waals surface area contributed by atoms with E-state index in [0.29, 0.717) is 17.5 Å². The Bertz CT molecular complexity index is 6260. The number of nitrogens with zero attached hydrogens (tertiary/aromatic N) is 5. The van der Waals surface area contributed by atoms with E-state index in [-0.39, 0.29) is 0 Å². The molecule has 0 spiro atoms. The number of rotatable bonds is 15. The zero-order chi connectivity index (χ0) is 72.9. The van der Waals surface area contributed by atoms with Crippen LogP contribution in [0.5, 0.6) is 0 Å². The average Bonchev–Trinajstić information content (AvgIpc) is 1.61. The van der Waals surface area contributed by atoms with E-state index < -0.39 is 0 Å². The molecule has 3 heterocycles. The smallest absolute Gasteiger partial charge is 0.164 e. The number of hydrogen-bond donors (Lipinski definition) is 0. The minimum atomic E-state index is 0.543. The summed E-state index contributed by atoms with van der Waals surface area (Å²) in [4.78, 5) is 16.8. The average molecular weight is 1400 g/mol. The predicted molar refractivity (Wildman–Crippen MR) is 459 cm³/mol. The van der Waals surface area contributed by atoms with Gasteiger partial charge in [0.2, 0.25) is 0 Å². The normalized spacial score (nSPS) is 11.5. The summed E-state index contributed by atoms with van der Waals surface area (Å²) in [6.07, 6.45) is 0. The maximum Gasteiger partial charge on any atom is 0.164 e. The second kappa shape index (κ2) is 28.0. The van der Waals surface area contributed by atoms with E-state index in [1.54, 1.807) is 0 Å². The molecule has 0 amide bonds. The van der Waals surface area contributed by atoms with Gasteiger partial charge in [-0.25, -0.2) is 15.0 Å². The first-order valence-electron chi connectivity index (χ1n) is 37.5. The molecule has 20 rings (SSSR count). The molecule has 0 N–H and O–H groups in total. The van der Waals surface area contributed by atoms with Crippen LogP contribution in [-0.2, 0) is 0 Å². The summed E-state index contributed by atoms with van der Waals surface area (Å²) in [5.41, 5.74) is 31.5. The van der Waals surface area contributed by atoms with Crippen LogP contribution < -0.4 is 0 Å². The fourth-order valence-corrected chi connectivity index (χ4v) is 16.1. The van der Waals surface area contributed by atoms with Crippen molar-refractivity contribution in [3.63, 3.8) is 0 Å². The number of fused-ring (bicyclic) bond motifs is 6. The van der Waals surface area contributed by atoms with Gasteiger partial charge in [0.25, 0.3) is 0 Å². The first kappa shape index (κ1) is 64.9. The first-order chi connectivity index (χ1) is 54.5. The summed E-state index contributed by atoms with van der Waals surface area (Å²) in [5.74, 6) is 1.65. The highest BCUT2D eigenvalue weighted by atomic mass is 15.0. The van der Waals surface area contributed by atoms with Gasteiger partial charge < -0.3 is 9.13 Å². The zero-order valence-corrected chi connectivity index (χ0v) is 60.1. The van der Waals surface area contributed by atoms with Gasteiger partial charge in [0.15, 0.2) is 17.5 Å². The summed E-state index contributed by atoms with van der Waals surface area (Å²) >= 11 is 0. The zero-order valence-electron chi connectivity index (χ0n) is 60.1. The fraction of sp³-hybridized carbons (Fsp3) is 0. The topological polar surface area (TPSA) is 48.5 Å². The molecule has 514 valence electrons. The van der Waals surface area contributed by atoms with E-state index in [4.69, 9.17) is 15.0 Å². The van der Waals surface area contributed by atoms with Gasteiger partial charge in [-0.1, -0.05) is 334 Å². The number of benzene rings is 17. The summed E-state index contributed by atoms with van der Waals surface area (Å²) in [7, 11) is 0.